The van der Waals surface area contributed by atoms with Crippen LogP contribution in [0.5, 0.6) is 0 Å². The molecular formula is C11H9NOS. The maximum absolute atomic E-state index is 10.6. The molecule has 2 nitrogen and oxygen atoms in total. The Kier molecular flexibility index (Phi) is 2.70. The zero-order valence-corrected chi connectivity index (χ0v) is 8.33. The van der Waals surface area contributed by atoms with Gasteiger partial charge in [0, 0.05) is 6.42 Å². The molecule has 70 valence electrons. The summed E-state index contributed by atoms with van der Waals surface area (Å²) in [7, 11) is 0. The molecule has 0 N–H and O–H groups in total. The summed E-state index contributed by atoms with van der Waals surface area (Å²) < 4.78 is 0. The molecule has 0 aliphatic rings. The van der Waals surface area contributed by atoms with Crippen molar-refractivity contribution in [1.29, 1.82) is 0 Å². The average molecular weight is 203 g/mol. The summed E-state index contributed by atoms with van der Waals surface area (Å²) in [5, 5.41) is 0. The highest BCUT2D eigenvalue weighted by Crippen LogP contribution is 2.14. The maximum atomic E-state index is 10.6. The number of rotatable bonds is 3. The van der Waals surface area contributed by atoms with E-state index in [1.54, 1.807) is 5.51 Å². The number of aldehydes is 1. The van der Waals surface area contributed by atoms with Gasteiger partial charge in [-0.3, -0.25) is 4.79 Å². The van der Waals surface area contributed by atoms with Crippen molar-refractivity contribution in [3.8, 4) is 0 Å². The molecule has 0 saturated carbocycles. The summed E-state index contributed by atoms with van der Waals surface area (Å²) in [5.74, 6) is 0. The predicted octanol–water partition coefficient (Wildman–Crippen LogP) is 2.55. The number of carbonyl (C=O) groups is 1. The topological polar surface area (TPSA) is 30.0 Å². The third-order valence-electron chi connectivity index (χ3n) is 1.99. The Morgan fingerprint density at radius 2 is 2.07 bits per heavy atom. The van der Waals surface area contributed by atoms with Crippen LogP contribution in [0.1, 0.15) is 20.9 Å². The summed E-state index contributed by atoms with van der Waals surface area (Å²) >= 11 is 1.39. The molecule has 0 atom stereocenters. The molecule has 0 aliphatic heterocycles. The van der Waals surface area contributed by atoms with Crippen LogP contribution in [0, 0.1) is 0 Å². The fraction of sp³-hybridized carbons (Fsp3) is 0.0909. The Morgan fingerprint density at radius 1 is 1.29 bits per heavy atom. The van der Waals surface area contributed by atoms with Crippen molar-refractivity contribution >= 4 is 17.6 Å². The van der Waals surface area contributed by atoms with Crippen molar-refractivity contribution in [2.24, 2.45) is 0 Å². The zero-order chi connectivity index (χ0) is 9.80. The van der Waals surface area contributed by atoms with E-state index in [-0.39, 0.29) is 0 Å². The predicted molar refractivity (Wildman–Crippen MR) is 56.7 cm³/mol. The van der Waals surface area contributed by atoms with E-state index in [1.807, 2.05) is 30.3 Å². The number of benzene rings is 1. The van der Waals surface area contributed by atoms with Gasteiger partial charge in [-0.05, 0) is 5.56 Å². The van der Waals surface area contributed by atoms with Gasteiger partial charge in [0.15, 0.2) is 6.29 Å². The average Bonchev–Trinajstić information content (AvgIpc) is 2.67. The molecule has 2 aromatic rings. The summed E-state index contributed by atoms with van der Waals surface area (Å²) in [6.07, 6.45) is 1.61. The van der Waals surface area contributed by atoms with Crippen molar-refractivity contribution < 1.29 is 4.79 Å². The second-order valence-corrected chi connectivity index (χ2v) is 3.83. The van der Waals surface area contributed by atoms with Crippen LogP contribution < -0.4 is 0 Å². The first-order valence-electron chi connectivity index (χ1n) is 4.31. The first kappa shape index (κ1) is 9.09. The van der Waals surface area contributed by atoms with Crippen molar-refractivity contribution in [2.45, 2.75) is 6.42 Å². The molecule has 0 fully saturated rings. The minimum atomic E-state index is 0.730. The minimum absolute atomic E-state index is 0.730. The Morgan fingerprint density at radius 3 is 2.79 bits per heavy atom. The monoisotopic (exact) mass is 203 g/mol. The lowest BCUT2D eigenvalue weighted by Crippen LogP contribution is -1.91. The van der Waals surface area contributed by atoms with Gasteiger partial charge < -0.3 is 0 Å². The molecule has 1 aromatic heterocycles. The highest BCUT2D eigenvalue weighted by Gasteiger charge is 2.05. The normalized spacial score (nSPS) is 10.0. The highest BCUT2D eigenvalue weighted by molar-refractivity contribution is 7.11. The van der Waals surface area contributed by atoms with Crippen LogP contribution in [0.15, 0.2) is 35.8 Å². The number of hydrogen-bond donors (Lipinski definition) is 0. The van der Waals surface area contributed by atoms with Crippen molar-refractivity contribution in [3.05, 3.63) is 52.0 Å². The first-order valence-corrected chi connectivity index (χ1v) is 5.19. The van der Waals surface area contributed by atoms with Crippen molar-refractivity contribution in [2.75, 3.05) is 0 Å². The fourth-order valence-electron chi connectivity index (χ4n) is 1.30. The molecule has 0 unspecified atom stereocenters. The van der Waals surface area contributed by atoms with Gasteiger partial charge in [0.2, 0.25) is 0 Å². The smallest absolute Gasteiger partial charge is 0.161 e. The second kappa shape index (κ2) is 4.15. The van der Waals surface area contributed by atoms with Crippen LogP contribution in [0.4, 0.5) is 0 Å². The summed E-state index contributed by atoms with van der Waals surface area (Å²) in [6, 6.07) is 10.0. The van der Waals surface area contributed by atoms with Crippen LogP contribution in [-0.2, 0) is 6.42 Å². The number of thiazole rings is 1. The number of hydrogen-bond acceptors (Lipinski definition) is 3. The van der Waals surface area contributed by atoms with Gasteiger partial charge in [0.25, 0.3) is 0 Å². The summed E-state index contributed by atoms with van der Waals surface area (Å²) in [5.41, 5.74) is 3.76. The lowest BCUT2D eigenvalue weighted by Gasteiger charge is -1.97. The Hall–Kier alpha value is -1.48. The van der Waals surface area contributed by atoms with Crippen LogP contribution in [-0.4, -0.2) is 11.3 Å². The van der Waals surface area contributed by atoms with Gasteiger partial charge in [-0.15, -0.1) is 11.3 Å². The molecule has 2 rings (SSSR count). The molecule has 0 bridgehead atoms. The largest absolute Gasteiger partial charge is 0.297 e. The lowest BCUT2D eigenvalue weighted by molar-refractivity contribution is 0.112. The van der Waals surface area contributed by atoms with E-state index in [2.05, 4.69) is 4.98 Å². The van der Waals surface area contributed by atoms with E-state index in [0.717, 1.165) is 23.3 Å². The Balaban J connectivity index is 2.23. The first-order chi connectivity index (χ1) is 6.90. The Labute approximate surface area is 86.2 Å². The molecule has 1 heterocycles. The van der Waals surface area contributed by atoms with Gasteiger partial charge in [-0.2, -0.15) is 0 Å². The summed E-state index contributed by atoms with van der Waals surface area (Å²) in [6.45, 7) is 0. The van der Waals surface area contributed by atoms with Crippen LogP contribution in [0.3, 0.4) is 0 Å². The van der Waals surface area contributed by atoms with E-state index in [0.29, 0.717) is 0 Å². The summed E-state index contributed by atoms with van der Waals surface area (Å²) in [4.78, 5) is 15.5. The third-order valence-corrected chi connectivity index (χ3v) is 2.79. The van der Waals surface area contributed by atoms with Crippen molar-refractivity contribution in [1.82, 2.24) is 4.98 Å². The van der Waals surface area contributed by atoms with E-state index in [9.17, 15) is 4.79 Å². The Bertz CT molecular complexity index is 422. The lowest BCUT2D eigenvalue weighted by atomic mass is 10.1. The number of aromatic nitrogens is 1. The molecule has 0 spiro atoms. The van der Waals surface area contributed by atoms with Crippen LogP contribution in [0.2, 0.25) is 0 Å². The molecule has 3 heteroatoms. The van der Waals surface area contributed by atoms with Gasteiger partial charge in [0.1, 0.15) is 0 Å². The molecule has 0 amide bonds. The number of carbonyl (C=O) groups excluding carboxylic acids is 1. The van der Waals surface area contributed by atoms with Gasteiger partial charge >= 0.3 is 0 Å². The van der Waals surface area contributed by atoms with Gasteiger partial charge in [-0.1, -0.05) is 30.3 Å². The molecule has 0 radical (unpaired) electrons. The molecule has 0 aliphatic carbocycles. The quantitative estimate of drug-likeness (QED) is 0.717. The van der Waals surface area contributed by atoms with E-state index < -0.39 is 0 Å². The van der Waals surface area contributed by atoms with E-state index >= 15 is 0 Å². The highest BCUT2D eigenvalue weighted by atomic mass is 32.1. The third kappa shape index (κ3) is 1.88. The maximum Gasteiger partial charge on any atom is 0.161 e. The SMILES string of the molecule is O=Cc1scnc1Cc1ccccc1. The van der Waals surface area contributed by atoms with Crippen LogP contribution >= 0.6 is 11.3 Å². The molecular weight excluding hydrogens is 194 g/mol. The van der Waals surface area contributed by atoms with E-state index in [4.69, 9.17) is 0 Å². The molecule has 1 aromatic carbocycles. The molecule has 14 heavy (non-hydrogen) atoms. The van der Waals surface area contributed by atoms with E-state index in [1.165, 1.54) is 16.9 Å². The molecule has 0 saturated heterocycles. The van der Waals surface area contributed by atoms with Crippen molar-refractivity contribution in [3.63, 3.8) is 0 Å². The standard InChI is InChI=1S/C11H9NOS/c13-7-11-10(12-8-14-11)6-9-4-2-1-3-5-9/h1-5,7-8H,6H2. The minimum Gasteiger partial charge on any atom is -0.297 e. The fourth-order valence-corrected chi connectivity index (χ4v) is 1.91. The zero-order valence-electron chi connectivity index (χ0n) is 7.51. The van der Waals surface area contributed by atoms with Gasteiger partial charge in [-0.25, -0.2) is 4.98 Å². The number of nitrogens with zero attached hydrogens (tertiary/aromatic N) is 1. The van der Waals surface area contributed by atoms with Gasteiger partial charge in [0.05, 0.1) is 16.1 Å². The second-order valence-electron chi connectivity index (χ2n) is 2.94. The van der Waals surface area contributed by atoms with Crippen LogP contribution in [0.25, 0.3) is 0 Å².